The van der Waals surface area contributed by atoms with E-state index in [2.05, 4.69) is 4.98 Å². The average Bonchev–Trinajstić information content (AvgIpc) is 3.27. The van der Waals surface area contributed by atoms with Gasteiger partial charge in [0, 0.05) is 10.6 Å². The van der Waals surface area contributed by atoms with Crippen LogP contribution in [0.3, 0.4) is 0 Å². The predicted octanol–water partition coefficient (Wildman–Crippen LogP) is 6.19. The van der Waals surface area contributed by atoms with Crippen molar-refractivity contribution in [1.82, 2.24) is 4.98 Å². The molecule has 32 heavy (non-hydrogen) atoms. The van der Waals surface area contributed by atoms with Gasteiger partial charge in [-0.1, -0.05) is 29.3 Å². The highest BCUT2D eigenvalue weighted by Crippen LogP contribution is 2.28. The molecule has 162 valence electrons. The van der Waals surface area contributed by atoms with E-state index in [1.807, 2.05) is 24.3 Å². The van der Waals surface area contributed by atoms with Crippen LogP contribution in [-0.2, 0) is 15.3 Å². The Morgan fingerprint density at radius 3 is 2.56 bits per heavy atom. The van der Waals surface area contributed by atoms with Crippen LogP contribution < -0.4 is 4.74 Å². The van der Waals surface area contributed by atoms with Crippen molar-refractivity contribution in [2.45, 2.75) is 10.6 Å². The van der Waals surface area contributed by atoms with E-state index in [1.54, 1.807) is 36.0 Å². The zero-order chi connectivity index (χ0) is 22.5. The minimum absolute atomic E-state index is 0.197. The summed E-state index contributed by atoms with van der Waals surface area (Å²) < 4.78 is 15.4. The molecule has 0 aliphatic heterocycles. The van der Waals surface area contributed by atoms with Crippen molar-refractivity contribution < 1.29 is 23.5 Å². The summed E-state index contributed by atoms with van der Waals surface area (Å²) in [5.74, 6) is -0.366. The van der Waals surface area contributed by atoms with Crippen LogP contribution in [-0.4, -0.2) is 23.5 Å². The smallest absolute Gasteiger partial charge is 0.352 e. The molecule has 0 aliphatic rings. The summed E-state index contributed by atoms with van der Waals surface area (Å²) in [5.41, 5.74) is 2.29. The van der Waals surface area contributed by atoms with E-state index in [0.717, 1.165) is 16.2 Å². The number of nitrogens with zero attached hydrogens (tertiary/aromatic N) is 1. The summed E-state index contributed by atoms with van der Waals surface area (Å²) in [6.07, 6.45) is 1.27. The van der Waals surface area contributed by atoms with Crippen LogP contribution in [0.25, 0.3) is 11.1 Å². The average molecular weight is 488 g/mol. The monoisotopic (exact) mass is 487 g/mol. The number of carbonyl (C=O) groups excluding carboxylic acids is 2. The van der Waals surface area contributed by atoms with Crippen LogP contribution in [0, 0.1) is 0 Å². The maximum Gasteiger partial charge on any atom is 0.352 e. The maximum atomic E-state index is 12.1. The van der Waals surface area contributed by atoms with Crippen LogP contribution in [0.2, 0.25) is 10.0 Å². The molecule has 1 aromatic heterocycles. The second-order valence-electron chi connectivity index (χ2n) is 6.59. The van der Waals surface area contributed by atoms with Gasteiger partial charge in [-0.3, -0.25) is 0 Å². The Labute approximate surface area is 197 Å². The van der Waals surface area contributed by atoms with Gasteiger partial charge in [-0.15, -0.1) is 11.8 Å². The highest BCUT2D eigenvalue weighted by atomic mass is 35.5. The zero-order valence-electron chi connectivity index (χ0n) is 16.4. The summed E-state index contributed by atoms with van der Waals surface area (Å²) in [6.45, 7) is -0.395. The number of hydrogen-bond donors (Lipinski definition) is 0. The Morgan fingerprint density at radius 1 is 0.969 bits per heavy atom. The number of esters is 2. The molecule has 0 unspecified atom stereocenters. The minimum atomic E-state index is -0.798. The van der Waals surface area contributed by atoms with Gasteiger partial charge < -0.3 is 13.9 Å². The van der Waals surface area contributed by atoms with E-state index >= 15 is 0 Å². The molecule has 6 nitrogen and oxygen atoms in total. The molecule has 0 fully saturated rings. The van der Waals surface area contributed by atoms with Crippen LogP contribution in [0.5, 0.6) is 5.75 Å². The fourth-order valence-electron chi connectivity index (χ4n) is 2.75. The first-order chi connectivity index (χ1) is 15.5. The first-order valence-corrected chi connectivity index (χ1v) is 11.1. The standard InChI is InChI=1S/C23H15Cl2NO5S/c24-18-7-1-14(9-19(18)25)12-32-17-5-3-16(4-6-17)29-11-22(27)31-23(28)15-2-8-21-20(10-15)26-13-30-21/h1-10,13H,11-12H2. The van der Waals surface area contributed by atoms with Crippen molar-refractivity contribution in [3.05, 3.63) is 88.2 Å². The number of benzene rings is 3. The molecule has 4 rings (SSSR count). The number of hydrogen-bond acceptors (Lipinski definition) is 7. The first kappa shape index (κ1) is 22.2. The molecule has 0 bridgehead atoms. The summed E-state index contributed by atoms with van der Waals surface area (Å²) in [7, 11) is 0. The largest absolute Gasteiger partial charge is 0.482 e. The number of halogens is 2. The summed E-state index contributed by atoms with van der Waals surface area (Å²) >= 11 is 13.6. The number of carbonyl (C=O) groups is 2. The summed E-state index contributed by atoms with van der Waals surface area (Å²) in [5, 5.41) is 1.05. The third-order valence-electron chi connectivity index (χ3n) is 4.34. The Morgan fingerprint density at radius 2 is 1.78 bits per heavy atom. The van der Waals surface area contributed by atoms with Crippen molar-refractivity contribution in [3.8, 4) is 5.75 Å². The molecule has 0 saturated heterocycles. The van der Waals surface area contributed by atoms with Crippen LogP contribution >= 0.6 is 35.0 Å². The topological polar surface area (TPSA) is 78.6 Å². The van der Waals surface area contributed by atoms with Gasteiger partial charge >= 0.3 is 11.9 Å². The van der Waals surface area contributed by atoms with E-state index in [-0.39, 0.29) is 5.56 Å². The molecule has 0 N–H and O–H groups in total. The van der Waals surface area contributed by atoms with E-state index in [0.29, 0.717) is 26.9 Å². The number of thioether (sulfide) groups is 1. The lowest BCUT2D eigenvalue weighted by atomic mass is 10.2. The van der Waals surface area contributed by atoms with Gasteiger partial charge in [-0.25, -0.2) is 14.6 Å². The highest BCUT2D eigenvalue weighted by Gasteiger charge is 2.15. The van der Waals surface area contributed by atoms with Gasteiger partial charge in [0.25, 0.3) is 0 Å². The molecule has 0 atom stereocenters. The Balaban J connectivity index is 1.25. The molecule has 0 radical (unpaired) electrons. The number of aromatic nitrogens is 1. The van der Waals surface area contributed by atoms with Gasteiger partial charge in [0.05, 0.1) is 15.6 Å². The molecule has 1 heterocycles. The Hall–Kier alpha value is -3.00. The number of ether oxygens (including phenoxy) is 2. The second-order valence-corrected chi connectivity index (χ2v) is 8.46. The molecule has 0 saturated carbocycles. The lowest BCUT2D eigenvalue weighted by Crippen LogP contribution is -2.19. The molecule has 0 spiro atoms. The molecular weight excluding hydrogens is 473 g/mol. The SMILES string of the molecule is O=C(COc1ccc(SCc2ccc(Cl)c(Cl)c2)cc1)OC(=O)c1ccc2ocnc2c1. The predicted molar refractivity (Wildman–Crippen MR) is 122 cm³/mol. The van der Waals surface area contributed by atoms with E-state index in [4.69, 9.17) is 37.1 Å². The van der Waals surface area contributed by atoms with E-state index < -0.39 is 18.5 Å². The quantitative estimate of drug-likeness (QED) is 0.174. The van der Waals surface area contributed by atoms with Crippen molar-refractivity contribution in [1.29, 1.82) is 0 Å². The second kappa shape index (κ2) is 10.1. The number of rotatable bonds is 7. The van der Waals surface area contributed by atoms with E-state index in [9.17, 15) is 9.59 Å². The van der Waals surface area contributed by atoms with Gasteiger partial charge in [0.1, 0.15) is 11.3 Å². The molecular formula is C23H15Cl2NO5S. The van der Waals surface area contributed by atoms with Crippen LogP contribution in [0.1, 0.15) is 15.9 Å². The summed E-state index contributed by atoms with van der Waals surface area (Å²) in [4.78, 5) is 29.1. The Bertz CT molecular complexity index is 1270. The van der Waals surface area contributed by atoms with Crippen molar-refractivity contribution in [2.75, 3.05) is 6.61 Å². The minimum Gasteiger partial charge on any atom is -0.482 e. The highest BCUT2D eigenvalue weighted by molar-refractivity contribution is 7.98. The van der Waals surface area contributed by atoms with Crippen LogP contribution in [0.15, 0.2) is 76.4 Å². The van der Waals surface area contributed by atoms with Gasteiger partial charge in [-0.05, 0) is 60.2 Å². The number of fused-ring (bicyclic) bond motifs is 1. The molecule has 3 aromatic carbocycles. The first-order valence-electron chi connectivity index (χ1n) is 9.36. The third kappa shape index (κ3) is 5.62. The van der Waals surface area contributed by atoms with Crippen LogP contribution in [0.4, 0.5) is 0 Å². The molecule has 4 aromatic rings. The molecule has 0 amide bonds. The zero-order valence-corrected chi connectivity index (χ0v) is 18.7. The third-order valence-corrected chi connectivity index (χ3v) is 6.16. The normalized spacial score (nSPS) is 10.8. The van der Waals surface area contributed by atoms with Gasteiger partial charge in [-0.2, -0.15) is 0 Å². The lowest BCUT2D eigenvalue weighted by Gasteiger charge is -2.07. The van der Waals surface area contributed by atoms with Crippen molar-refractivity contribution in [3.63, 3.8) is 0 Å². The van der Waals surface area contributed by atoms with Crippen molar-refractivity contribution >= 4 is 58.0 Å². The molecule has 0 aliphatic carbocycles. The fraction of sp³-hybridized carbons (Fsp3) is 0.0870. The summed E-state index contributed by atoms with van der Waals surface area (Å²) in [6, 6.07) is 17.3. The van der Waals surface area contributed by atoms with E-state index in [1.165, 1.54) is 18.5 Å². The Kier molecular flexibility index (Phi) is 6.99. The number of oxazole rings is 1. The molecule has 9 heteroatoms. The van der Waals surface area contributed by atoms with Gasteiger partial charge in [0.15, 0.2) is 18.6 Å². The van der Waals surface area contributed by atoms with Gasteiger partial charge in [0.2, 0.25) is 0 Å². The lowest BCUT2D eigenvalue weighted by molar-refractivity contribution is -0.140. The maximum absolute atomic E-state index is 12.1. The fourth-order valence-corrected chi connectivity index (χ4v) is 3.91. The van der Waals surface area contributed by atoms with Crippen molar-refractivity contribution in [2.24, 2.45) is 0 Å².